The molecular weight excluding hydrogens is 236 g/mol. The Morgan fingerprint density at radius 3 is 2.26 bits per heavy atom. The number of hydrogen-bond donors (Lipinski definition) is 1. The van der Waals surface area contributed by atoms with Crippen molar-refractivity contribution in [2.75, 3.05) is 20.6 Å². The van der Waals surface area contributed by atoms with Crippen LogP contribution in [0.25, 0.3) is 0 Å². The van der Waals surface area contributed by atoms with E-state index in [0.717, 1.165) is 24.9 Å². The van der Waals surface area contributed by atoms with Crippen molar-refractivity contribution in [1.82, 2.24) is 4.90 Å². The molecule has 0 aliphatic heterocycles. The normalized spacial score (nSPS) is 14.6. The smallest absolute Gasteiger partial charge is 0.228 e. The zero-order chi connectivity index (χ0) is 14.5. The van der Waals surface area contributed by atoms with Gasteiger partial charge in [0.2, 0.25) is 5.91 Å². The maximum absolute atomic E-state index is 12.1. The van der Waals surface area contributed by atoms with Crippen LogP contribution in [0.15, 0.2) is 30.3 Å². The van der Waals surface area contributed by atoms with Gasteiger partial charge in [-0.25, -0.2) is 0 Å². The van der Waals surface area contributed by atoms with E-state index in [1.807, 2.05) is 44.4 Å². The predicted octanol–water partition coefficient (Wildman–Crippen LogP) is 2.41. The molecule has 1 rings (SSSR count). The molecule has 0 spiro atoms. The lowest BCUT2D eigenvalue weighted by atomic mass is 9.68. The average Bonchev–Trinajstić information content (AvgIpc) is 2.34. The summed E-state index contributed by atoms with van der Waals surface area (Å²) in [4.78, 5) is 14.3. The van der Waals surface area contributed by atoms with E-state index in [9.17, 15) is 4.79 Å². The molecule has 1 atom stereocenters. The molecule has 3 heteroatoms. The van der Waals surface area contributed by atoms with Gasteiger partial charge in [0.1, 0.15) is 0 Å². The van der Waals surface area contributed by atoms with Gasteiger partial charge in [-0.15, -0.1) is 0 Å². The van der Waals surface area contributed by atoms with Crippen molar-refractivity contribution in [1.29, 1.82) is 0 Å². The van der Waals surface area contributed by atoms with E-state index in [0.29, 0.717) is 0 Å². The Kier molecular flexibility index (Phi) is 5.55. The van der Waals surface area contributed by atoms with E-state index in [4.69, 9.17) is 5.73 Å². The van der Waals surface area contributed by atoms with Crippen LogP contribution in [0.3, 0.4) is 0 Å². The summed E-state index contributed by atoms with van der Waals surface area (Å²) in [6.07, 6.45) is 1.76. The second-order valence-electron chi connectivity index (χ2n) is 5.76. The first-order chi connectivity index (χ1) is 8.91. The van der Waals surface area contributed by atoms with E-state index in [1.54, 1.807) is 0 Å². The number of carbonyl (C=O) groups is 1. The minimum atomic E-state index is -0.558. The molecule has 1 aromatic rings. The maximum Gasteiger partial charge on any atom is 0.228 e. The summed E-state index contributed by atoms with van der Waals surface area (Å²) in [5, 5.41) is 0. The number of nitrogens with two attached hydrogens (primary N) is 1. The largest absolute Gasteiger partial charge is 0.369 e. The predicted molar refractivity (Wildman–Crippen MR) is 79.9 cm³/mol. The van der Waals surface area contributed by atoms with Crippen LogP contribution in [-0.2, 0) is 10.2 Å². The third kappa shape index (κ3) is 3.57. The molecule has 0 bridgehead atoms. The lowest BCUT2D eigenvalue weighted by Gasteiger charge is -2.35. The molecule has 0 saturated carbocycles. The first kappa shape index (κ1) is 15.7. The number of primary amides is 1. The topological polar surface area (TPSA) is 46.3 Å². The van der Waals surface area contributed by atoms with E-state index in [-0.39, 0.29) is 11.8 Å². The van der Waals surface area contributed by atoms with Gasteiger partial charge in [-0.2, -0.15) is 0 Å². The van der Waals surface area contributed by atoms with Gasteiger partial charge >= 0.3 is 0 Å². The summed E-state index contributed by atoms with van der Waals surface area (Å²) in [7, 11) is 4.09. The van der Waals surface area contributed by atoms with Crippen molar-refractivity contribution in [3.63, 3.8) is 0 Å². The van der Waals surface area contributed by atoms with Crippen molar-refractivity contribution in [3.05, 3.63) is 35.9 Å². The minimum Gasteiger partial charge on any atom is -0.369 e. The fourth-order valence-corrected chi connectivity index (χ4v) is 2.73. The van der Waals surface area contributed by atoms with Gasteiger partial charge in [0.25, 0.3) is 0 Å². The third-order valence-electron chi connectivity index (χ3n) is 3.89. The molecule has 106 valence electrons. The van der Waals surface area contributed by atoms with Crippen molar-refractivity contribution < 1.29 is 4.79 Å². The summed E-state index contributed by atoms with van der Waals surface area (Å²) < 4.78 is 0. The standard InChI is InChI=1S/C16H26N2O/c1-13(2)16(15(17)19,11-8-12-18(3)4)14-9-6-5-7-10-14/h5-7,9-10,13H,8,11-12H2,1-4H3,(H2,17,19)/t16-/m1/s1. The number of amides is 1. The van der Waals surface area contributed by atoms with Crippen molar-refractivity contribution in [2.24, 2.45) is 11.7 Å². The molecule has 0 aromatic heterocycles. The molecule has 19 heavy (non-hydrogen) atoms. The lowest BCUT2D eigenvalue weighted by molar-refractivity contribution is -0.125. The molecule has 2 N–H and O–H groups in total. The van der Waals surface area contributed by atoms with Crippen LogP contribution in [0.5, 0.6) is 0 Å². The zero-order valence-corrected chi connectivity index (χ0v) is 12.5. The molecule has 0 aliphatic rings. The molecule has 0 radical (unpaired) electrons. The van der Waals surface area contributed by atoms with E-state index >= 15 is 0 Å². The van der Waals surface area contributed by atoms with E-state index < -0.39 is 5.41 Å². The van der Waals surface area contributed by atoms with Gasteiger partial charge in [-0.3, -0.25) is 4.79 Å². The van der Waals surface area contributed by atoms with Gasteiger partial charge < -0.3 is 10.6 Å². The van der Waals surface area contributed by atoms with Crippen LogP contribution in [0.1, 0.15) is 32.3 Å². The monoisotopic (exact) mass is 262 g/mol. The highest BCUT2D eigenvalue weighted by atomic mass is 16.1. The Balaban J connectivity index is 3.05. The van der Waals surface area contributed by atoms with Crippen LogP contribution in [-0.4, -0.2) is 31.4 Å². The Hall–Kier alpha value is -1.35. The molecule has 0 fully saturated rings. The SMILES string of the molecule is CC(C)[C@@](CCCN(C)C)(C(N)=O)c1ccccc1. The molecule has 0 saturated heterocycles. The van der Waals surface area contributed by atoms with E-state index in [1.165, 1.54) is 0 Å². The molecule has 0 heterocycles. The van der Waals surface area contributed by atoms with Crippen molar-refractivity contribution in [2.45, 2.75) is 32.1 Å². The first-order valence-electron chi connectivity index (χ1n) is 6.91. The average molecular weight is 262 g/mol. The van der Waals surface area contributed by atoms with Gasteiger partial charge in [-0.1, -0.05) is 44.2 Å². The molecular formula is C16H26N2O. The number of benzene rings is 1. The van der Waals surface area contributed by atoms with Gasteiger partial charge in [-0.05, 0) is 45.0 Å². The molecule has 1 amide bonds. The number of nitrogens with zero attached hydrogens (tertiary/aromatic N) is 1. The number of carbonyl (C=O) groups excluding carboxylic acids is 1. The summed E-state index contributed by atoms with van der Waals surface area (Å²) >= 11 is 0. The van der Waals surface area contributed by atoms with Gasteiger partial charge in [0, 0.05) is 0 Å². The summed E-state index contributed by atoms with van der Waals surface area (Å²) in [5.74, 6) is -0.0259. The quantitative estimate of drug-likeness (QED) is 0.820. The summed E-state index contributed by atoms with van der Waals surface area (Å²) in [5.41, 5.74) is 6.25. The minimum absolute atomic E-state index is 0.189. The highest BCUT2D eigenvalue weighted by Crippen LogP contribution is 2.36. The van der Waals surface area contributed by atoms with Gasteiger partial charge in [0.05, 0.1) is 5.41 Å². The number of rotatable bonds is 7. The molecule has 0 aliphatic carbocycles. The van der Waals surface area contributed by atoms with Gasteiger partial charge in [0.15, 0.2) is 0 Å². The van der Waals surface area contributed by atoms with Crippen LogP contribution in [0.2, 0.25) is 0 Å². The Labute approximate surface area is 116 Å². The number of hydrogen-bond acceptors (Lipinski definition) is 2. The second-order valence-corrected chi connectivity index (χ2v) is 5.76. The third-order valence-corrected chi connectivity index (χ3v) is 3.89. The second kappa shape index (κ2) is 6.71. The molecule has 3 nitrogen and oxygen atoms in total. The lowest BCUT2D eigenvalue weighted by Crippen LogP contribution is -2.46. The van der Waals surface area contributed by atoms with Crippen LogP contribution < -0.4 is 5.73 Å². The van der Waals surface area contributed by atoms with Crippen molar-refractivity contribution in [3.8, 4) is 0 Å². The Morgan fingerprint density at radius 1 is 1.26 bits per heavy atom. The van der Waals surface area contributed by atoms with Crippen LogP contribution >= 0.6 is 0 Å². The first-order valence-corrected chi connectivity index (χ1v) is 6.91. The maximum atomic E-state index is 12.1. The molecule has 0 unspecified atom stereocenters. The Morgan fingerprint density at radius 2 is 1.84 bits per heavy atom. The van der Waals surface area contributed by atoms with E-state index in [2.05, 4.69) is 18.7 Å². The van der Waals surface area contributed by atoms with Crippen LogP contribution in [0.4, 0.5) is 0 Å². The highest BCUT2D eigenvalue weighted by molar-refractivity contribution is 5.87. The zero-order valence-electron chi connectivity index (χ0n) is 12.5. The summed E-state index contributed by atoms with van der Waals surface area (Å²) in [6.45, 7) is 5.12. The fourth-order valence-electron chi connectivity index (χ4n) is 2.73. The fraction of sp³-hybridized carbons (Fsp3) is 0.562. The van der Waals surface area contributed by atoms with Crippen molar-refractivity contribution >= 4 is 5.91 Å². The van der Waals surface area contributed by atoms with Crippen LogP contribution in [0, 0.1) is 5.92 Å². The summed E-state index contributed by atoms with van der Waals surface area (Å²) in [6, 6.07) is 9.94. The highest BCUT2D eigenvalue weighted by Gasteiger charge is 2.40. The molecule has 1 aromatic carbocycles. The Bertz CT molecular complexity index is 400.